The number of rotatable bonds is 0. The fourth-order valence-electron chi connectivity index (χ4n) is 0. The third kappa shape index (κ3) is 152. The third-order valence-corrected chi connectivity index (χ3v) is 0. The van der Waals surface area contributed by atoms with E-state index in [1.54, 1.807) is 0 Å². The Balaban J connectivity index is 0. The van der Waals surface area contributed by atoms with Gasteiger partial charge in [0, 0.05) is 0 Å². The van der Waals surface area contributed by atoms with Gasteiger partial charge in [0.25, 0.3) is 0 Å². The molecule has 0 heterocycles. The van der Waals surface area contributed by atoms with Crippen LogP contribution >= 0.6 is 0 Å². The van der Waals surface area contributed by atoms with E-state index in [0.29, 0.717) is 0 Å². The standard InChI is InChI=1S/CH4.BH3.Be.H3N.H4Si.2H/h1H4;1H3;;1H3;1H4;;. The molecular formula is CH16BBeNSi. The van der Waals surface area contributed by atoms with Crippen LogP contribution in [0.2, 0.25) is 0 Å². The first-order chi connectivity index (χ1) is 0. The van der Waals surface area contributed by atoms with Crippen molar-refractivity contribution >= 4 is 29.5 Å². The monoisotopic (exact) mass is 90.1 g/mol. The summed E-state index contributed by atoms with van der Waals surface area (Å²) in [6.45, 7) is 0. The average molecular weight is 90.1 g/mol. The molecule has 0 fully saturated rings. The van der Waals surface area contributed by atoms with Crippen LogP contribution in [0.1, 0.15) is 7.43 Å². The van der Waals surface area contributed by atoms with E-state index in [-0.39, 0.29) is 43.1 Å². The molecule has 0 saturated carbocycles. The minimum absolute atomic E-state index is 0. The second-order valence-corrected chi connectivity index (χ2v) is 0. The summed E-state index contributed by atoms with van der Waals surface area (Å²) in [5.74, 6) is 0. The first-order valence-corrected chi connectivity index (χ1v) is 0. The fraction of sp³-hybridized carbons (Fsp3) is 1.00. The minimum atomic E-state index is 0. The van der Waals surface area contributed by atoms with Gasteiger partial charge < -0.3 is 6.15 Å². The van der Waals surface area contributed by atoms with Gasteiger partial charge in [-0.2, -0.15) is 0 Å². The van der Waals surface area contributed by atoms with Crippen molar-refractivity contribution in [2.24, 2.45) is 0 Å². The third-order valence-electron chi connectivity index (χ3n) is 0. The maximum Gasteiger partial charge on any atom is -0.0149 e. The molecule has 34 valence electrons. The van der Waals surface area contributed by atoms with Crippen molar-refractivity contribution in [3.8, 4) is 0 Å². The molecule has 5 heavy (non-hydrogen) atoms. The smallest absolute Gasteiger partial charge is 0.0149 e. The van der Waals surface area contributed by atoms with Crippen molar-refractivity contribution in [1.82, 2.24) is 6.15 Å². The molecular weight excluding hydrogens is 73.9 g/mol. The summed E-state index contributed by atoms with van der Waals surface area (Å²) in [5.41, 5.74) is 0. The van der Waals surface area contributed by atoms with E-state index in [2.05, 4.69) is 0 Å². The van der Waals surface area contributed by atoms with Crippen molar-refractivity contribution in [1.29, 1.82) is 0 Å². The Morgan fingerprint density at radius 2 is 1.00 bits per heavy atom. The first-order valence-electron chi connectivity index (χ1n) is 0. The van der Waals surface area contributed by atoms with Crippen LogP contribution in [0, 0.1) is 0 Å². The molecule has 4 heteroatoms. The van der Waals surface area contributed by atoms with E-state index >= 15 is 0 Å². The second kappa shape index (κ2) is 304. The Labute approximate surface area is 43.9 Å². The normalized spacial score (nSPS) is 0. The SMILES string of the molecule is B.C.N.[BeH2].[SiH4]. The van der Waals surface area contributed by atoms with Gasteiger partial charge in [-0.15, -0.1) is 0 Å². The molecule has 0 bridgehead atoms. The zero-order valence-electron chi connectivity index (χ0n) is 0.707. The molecule has 0 aromatic carbocycles. The zero-order chi connectivity index (χ0) is 0. The molecule has 0 amide bonds. The molecule has 0 atom stereocenters. The largest absolute Gasteiger partial charge is 0.0149 e. The van der Waals surface area contributed by atoms with Crippen LogP contribution in [0.4, 0.5) is 0 Å². The van der Waals surface area contributed by atoms with E-state index < -0.39 is 0 Å². The van der Waals surface area contributed by atoms with E-state index in [9.17, 15) is 0 Å². The van der Waals surface area contributed by atoms with Gasteiger partial charge in [0.2, 0.25) is 0 Å². The van der Waals surface area contributed by atoms with Crippen molar-refractivity contribution in [3.63, 3.8) is 0 Å². The van der Waals surface area contributed by atoms with Crippen molar-refractivity contribution in [2.45, 2.75) is 7.43 Å². The Bertz CT molecular complexity index is 11.6. The summed E-state index contributed by atoms with van der Waals surface area (Å²) >= 11 is 0. The van der Waals surface area contributed by atoms with Gasteiger partial charge >= 0.3 is 10.1 Å². The Kier molecular flexibility index (Phi) is 38000. The van der Waals surface area contributed by atoms with E-state index in [4.69, 9.17) is 0 Å². The molecule has 0 aromatic rings. The molecule has 1 nitrogen and oxygen atoms in total. The first kappa shape index (κ1) is 624. The van der Waals surface area contributed by atoms with Gasteiger partial charge in [-0.1, -0.05) is 7.43 Å². The molecule has 0 aliphatic heterocycles. The summed E-state index contributed by atoms with van der Waals surface area (Å²) in [6.07, 6.45) is 0. The summed E-state index contributed by atoms with van der Waals surface area (Å²) in [6, 6.07) is 0. The molecule has 0 spiro atoms. The molecule has 0 radical (unpaired) electrons. The number of hydrogen-bond acceptors (Lipinski definition) is 1. The van der Waals surface area contributed by atoms with Crippen molar-refractivity contribution in [3.05, 3.63) is 0 Å². The zero-order valence-corrected chi connectivity index (χ0v) is 0.707. The summed E-state index contributed by atoms with van der Waals surface area (Å²) < 4.78 is 0. The van der Waals surface area contributed by atoms with E-state index in [1.165, 1.54) is 0 Å². The molecule has 0 unspecified atom stereocenters. The van der Waals surface area contributed by atoms with Gasteiger partial charge in [-0.05, 0) is 11.0 Å². The molecule has 0 aliphatic rings. The quantitative estimate of drug-likeness (QED) is 0.321. The predicted molar refractivity (Wildman–Crippen MR) is 41.6 cm³/mol. The fourth-order valence-corrected chi connectivity index (χ4v) is 0. The molecule has 3 N–H and O–H groups in total. The summed E-state index contributed by atoms with van der Waals surface area (Å²) in [5, 5.41) is 0. The number of hydrogen-bond donors (Lipinski definition) is 1. The van der Waals surface area contributed by atoms with Crippen LogP contribution in [0.15, 0.2) is 0 Å². The molecule has 0 rings (SSSR count). The van der Waals surface area contributed by atoms with Gasteiger partial charge in [-0.3, -0.25) is 0 Å². The maximum absolute atomic E-state index is 0. The maximum atomic E-state index is 0. The molecule has 0 saturated heterocycles. The minimum Gasteiger partial charge on any atom is -0.0149 e. The van der Waals surface area contributed by atoms with Gasteiger partial charge in [-0.25, -0.2) is 0 Å². The van der Waals surface area contributed by atoms with Crippen LogP contribution in [-0.4, -0.2) is 29.5 Å². The van der Waals surface area contributed by atoms with Crippen LogP contribution < -0.4 is 6.15 Å². The van der Waals surface area contributed by atoms with Crippen LogP contribution in [0.25, 0.3) is 0 Å². The average Bonchev–Trinajstić information content (AvgIpc) is 0. The van der Waals surface area contributed by atoms with Crippen LogP contribution in [0.3, 0.4) is 0 Å². The van der Waals surface area contributed by atoms with Gasteiger partial charge in [0.05, 0.1) is 8.41 Å². The molecule has 0 aliphatic carbocycles. The van der Waals surface area contributed by atoms with E-state index in [0.717, 1.165) is 0 Å². The summed E-state index contributed by atoms with van der Waals surface area (Å²) in [7, 11) is 0. The molecule has 0 aromatic heterocycles. The van der Waals surface area contributed by atoms with Crippen LogP contribution in [0.5, 0.6) is 0 Å². The van der Waals surface area contributed by atoms with Gasteiger partial charge in [0.15, 0.2) is 0 Å². The summed E-state index contributed by atoms with van der Waals surface area (Å²) in [4.78, 5) is 0. The Morgan fingerprint density at radius 3 is 1.00 bits per heavy atom. The van der Waals surface area contributed by atoms with Crippen molar-refractivity contribution < 1.29 is 0 Å². The van der Waals surface area contributed by atoms with Crippen LogP contribution in [-0.2, 0) is 0 Å². The Morgan fingerprint density at radius 1 is 1.00 bits per heavy atom. The Hall–Kier alpha value is 0.411. The van der Waals surface area contributed by atoms with E-state index in [1.807, 2.05) is 0 Å². The predicted octanol–water partition coefficient (Wildman–Crippen LogP) is -2.75. The van der Waals surface area contributed by atoms with Crippen molar-refractivity contribution in [2.75, 3.05) is 0 Å². The topological polar surface area (TPSA) is 35.0 Å². The van der Waals surface area contributed by atoms with Gasteiger partial charge in [0.1, 0.15) is 0 Å². The second-order valence-electron chi connectivity index (χ2n) is 0.